The molecular formula is C34H38ClN7O3. The first-order valence-electron chi connectivity index (χ1n) is 15.4. The molecule has 0 aliphatic carbocycles. The van der Waals surface area contributed by atoms with E-state index in [0.717, 1.165) is 41.3 Å². The highest BCUT2D eigenvalue weighted by Gasteiger charge is 2.35. The van der Waals surface area contributed by atoms with E-state index in [0.29, 0.717) is 54.2 Å². The summed E-state index contributed by atoms with van der Waals surface area (Å²) in [6.07, 6.45) is 3.77. The molecular weight excluding hydrogens is 590 g/mol. The van der Waals surface area contributed by atoms with Gasteiger partial charge in [-0.25, -0.2) is 4.79 Å². The molecule has 11 heteroatoms. The molecule has 2 aromatic carbocycles. The average molecular weight is 628 g/mol. The van der Waals surface area contributed by atoms with Crippen molar-refractivity contribution in [1.82, 2.24) is 24.8 Å². The molecule has 4 aromatic rings. The van der Waals surface area contributed by atoms with Crippen LogP contribution in [0.3, 0.4) is 0 Å². The van der Waals surface area contributed by atoms with Crippen LogP contribution in [-0.2, 0) is 4.74 Å². The number of piperazine rings is 1. The van der Waals surface area contributed by atoms with Gasteiger partial charge in [-0.3, -0.25) is 4.98 Å². The molecule has 2 atom stereocenters. The quantitative estimate of drug-likeness (QED) is 0.243. The lowest BCUT2D eigenvalue weighted by molar-refractivity contribution is 0.0145. The number of ether oxygens (including phenoxy) is 2. The molecule has 2 aromatic heterocycles. The molecule has 234 valence electrons. The SMILES string of the molecule is CN1CCCC1COc1nc(N2CCN(C(=O)OC(C)(C)C)[C@@H](CC#N)C2)c2ncc(-c3cccc4cccc(Cl)c34)cc2n1. The van der Waals surface area contributed by atoms with Gasteiger partial charge in [-0.05, 0) is 70.3 Å². The number of likely N-dealkylation sites (N-methyl/N-ethyl adjacent to an activating group) is 1. The molecule has 0 bridgehead atoms. The topological polar surface area (TPSA) is 108 Å². The molecule has 1 amide bonds. The number of aromatic nitrogens is 3. The van der Waals surface area contributed by atoms with Crippen LogP contribution in [0.2, 0.25) is 5.02 Å². The van der Waals surface area contributed by atoms with Gasteiger partial charge in [-0.15, -0.1) is 0 Å². The number of likely N-dealkylation sites (tertiary alicyclic amines) is 1. The van der Waals surface area contributed by atoms with Gasteiger partial charge in [0.25, 0.3) is 0 Å². The van der Waals surface area contributed by atoms with Crippen molar-refractivity contribution in [3.63, 3.8) is 0 Å². The van der Waals surface area contributed by atoms with Crippen LogP contribution in [-0.4, -0.2) is 88.4 Å². The van der Waals surface area contributed by atoms with E-state index in [2.05, 4.69) is 22.9 Å². The standard InChI is InChI=1S/C34H38ClN7O3/c1-34(2,3)45-33(43)42-17-16-41(20-24(42)13-14-36)31-30-28(38-32(39-31)44-21-25-10-7-15-40(25)4)18-23(19-37-30)26-11-5-8-22-9-6-12-27(35)29(22)26/h5-6,8-9,11-12,18-19,24-25H,7,10,13,15-17,20-21H2,1-4H3/t24-,25?/m0/s1. The van der Waals surface area contributed by atoms with Crippen LogP contribution in [0.5, 0.6) is 6.01 Å². The van der Waals surface area contributed by atoms with E-state index in [-0.39, 0.29) is 18.5 Å². The summed E-state index contributed by atoms with van der Waals surface area (Å²) in [6.45, 7) is 8.30. The van der Waals surface area contributed by atoms with E-state index in [9.17, 15) is 10.1 Å². The van der Waals surface area contributed by atoms with E-state index in [1.165, 1.54) is 0 Å². The number of nitrogens with zero attached hydrogens (tertiary/aromatic N) is 7. The first kappa shape index (κ1) is 30.8. The molecule has 0 saturated carbocycles. The largest absolute Gasteiger partial charge is 0.462 e. The highest BCUT2D eigenvalue weighted by molar-refractivity contribution is 6.36. The van der Waals surface area contributed by atoms with Crippen LogP contribution in [0, 0.1) is 11.3 Å². The van der Waals surface area contributed by atoms with Gasteiger partial charge < -0.3 is 24.2 Å². The van der Waals surface area contributed by atoms with Gasteiger partial charge in [0.05, 0.1) is 24.0 Å². The van der Waals surface area contributed by atoms with Crippen LogP contribution in [0.4, 0.5) is 10.6 Å². The fraction of sp³-hybridized carbons (Fsp3) is 0.441. The Balaban J connectivity index is 1.39. The molecule has 10 nitrogen and oxygen atoms in total. The van der Waals surface area contributed by atoms with Gasteiger partial charge in [0.1, 0.15) is 17.7 Å². The molecule has 0 N–H and O–H groups in total. The van der Waals surface area contributed by atoms with Crippen molar-refractivity contribution in [1.29, 1.82) is 5.26 Å². The van der Waals surface area contributed by atoms with E-state index in [1.807, 2.05) is 69.4 Å². The van der Waals surface area contributed by atoms with E-state index in [1.54, 1.807) is 4.90 Å². The maximum atomic E-state index is 13.0. The summed E-state index contributed by atoms with van der Waals surface area (Å²) in [5.41, 5.74) is 2.47. The Labute approximate surface area is 268 Å². The summed E-state index contributed by atoms with van der Waals surface area (Å²) in [6, 6.07) is 16.4. The van der Waals surface area contributed by atoms with Gasteiger partial charge in [0, 0.05) is 47.8 Å². The monoisotopic (exact) mass is 627 g/mol. The van der Waals surface area contributed by atoms with E-state index in [4.69, 9.17) is 36.0 Å². The molecule has 0 radical (unpaired) electrons. The average Bonchev–Trinajstić information content (AvgIpc) is 3.42. The second-order valence-electron chi connectivity index (χ2n) is 12.8. The second-order valence-corrected chi connectivity index (χ2v) is 13.2. The minimum atomic E-state index is -0.635. The molecule has 45 heavy (non-hydrogen) atoms. The Morgan fingerprint density at radius 1 is 1.11 bits per heavy atom. The van der Waals surface area contributed by atoms with E-state index < -0.39 is 11.7 Å². The number of rotatable bonds is 6. The van der Waals surface area contributed by atoms with Gasteiger partial charge in [-0.1, -0.05) is 41.9 Å². The van der Waals surface area contributed by atoms with Gasteiger partial charge in [-0.2, -0.15) is 15.2 Å². The van der Waals surface area contributed by atoms with Gasteiger partial charge in [0.2, 0.25) is 0 Å². The Morgan fingerprint density at radius 3 is 2.64 bits per heavy atom. The molecule has 2 fully saturated rings. The number of amides is 1. The zero-order valence-electron chi connectivity index (χ0n) is 26.2. The molecule has 0 spiro atoms. The molecule has 6 rings (SSSR count). The Morgan fingerprint density at radius 2 is 1.91 bits per heavy atom. The van der Waals surface area contributed by atoms with Crippen molar-refractivity contribution in [2.45, 2.75) is 57.7 Å². The summed E-state index contributed by atoms with van der Waals surface area (Å²) in [5.74, 6) is 0.615. The number of pyridine rings is 1. The number of fused-ring (bicyclic) bond motifs is 2. The highest BCUT2D eigenvalue weighted by atomic mass is 35.5. The van der Waals surface area contributed by atoms with Crippen LogP contribution in [0.15, 0.2) is 48.7 Å². The fourth-order valence-corrected chi connectivity index (χ4v) is 6.48. The smallest absolute Gasteiger partial charge is 0.410 e. The molecule has 2 aliphatic rings. The lowest BCUT2D eigenvalue weighted by Crippen LogP contribution is -2.56. The highest BCUT2D eigenvalue weighted by Crippen LogP contribution is 2.36. The summed E-state index contributed by atoms with van der Waals surface area (Å²) < 4.78 is 11.9. The van der Waals surface area contributed by atoms with Crippen molar-refractivity contribution in [2.75, 3.05) is 44.7 Å². The Bertz CT molecular complexity index is 1760. The number of benzene rings is 2. The van der Waals surface area contributed by atoms with Gasteiger partial charge >= 0.3 is 12.1 Å². The van der Waals surface area contributed by atoms with E-state index >= 15 is 0 Å². The third kappa shape index (κ3) is 6.60. The maximum Gasteiger partial charge on any atom is 0.410 e. The Hall–Kier alpha value is -4.20. The number of hydrogen-bond donors (Lipinski definition) is 0. The number of carbonyl (C=O) groups is 1. The lowest BCUT2D eigenvalue weighted by Gasteiger charge is -2.41. The number of carbonyl (C=O) groups excluding carboxylic acids is 1. The minimum Gasteiger partial charge on any atom is -0.462 e. The van der Waals surface area contributed by atoms with Crippen molar-refractivity contribution in [3.8, 4) is 23.2 Å². The predicted octanol–water partition coefficient (Wildman–Crippen LogP) is 6.31. The number of nitriles is 1. The predicted molar refractivity (Wildman–Crippen MR) is 176 cm³/mol. The van der Waals surface area contributed by atoms with Crippen LogP contribution in [0.25, 0.3) is 32.9 Å². The van der Waals surface area contributed by atoms with Crippen molar-refractivity contribution >= 4 is 45.3 Å². The summed E-state index contributed by atoms with van der Waals surface area (Å²) in [5, 5.41) is 12.3. The van der Waals surface area contributed by atoms with Crippen molar-refractivity contribution in [3.05, 3.63) is 53.7 Å². The molecule has 4 heterocycles. The fourth-order valence-electron chi connectivity index (χ4n) is 6.20. The summed E-state index contributed by atoms with van der Waals surface area (Å²) >= 11 is 6.67. The number of hydrogen-bond acceptors (Lipinski definition) is 9. The first-order chi connectivity index (χ1) is 21.6. The maximum absolute atomic E-state index is 13.0. The summed E-state index contributed by atoms with van der Waals surface area (Å²) in [7, 11) is 2.11. The molecule has 2 aliphatic heterocycles. The molecule has 2 saturated heterocycles. The first-order valence-corrected chi connectivity index (χ1v) is 15.8. The van der Waals surface area contributed by atoms with Gasteiger partial charge in [0.15, 0.2) is 5.82 Å². The van der Waals surface area contributed by atoms with Crippen LogP contribution >= 0.6 is 11.6 Å². The number of anilines is 1. The van der Waals surface area contributed by atoms with Crippen molar-refractivity contribution < 1.29 is 14.3 Å². The minimum absolute atomic E-state index is 0.162. The van der Waals surface area contributed by atoms with Crippen LogP contribution < -0.4 is 9.64 Å². The second kappa shape index (κ2) is 12.7. The normalized spacial score (nSPS) is 19.2. The third-order valence-electron chi connectivity index (χ3n) is 8.48. The third-order valence-corrected chi connectivity index (χ3v) is 8.79. The zero-order chi connectivity index (χ0) is 31.7. The lowest BCUT2D eigenvalue weighted by atomic mass is 9.99. The number of halogens is 1. The summed E-state index contributed by atoms with van der Waals surface area (Å²) in [4.78, 5) is 33.7. The molecule has 1 unspecified atom stereocenters. The Kier molecular flexibility index (Phi) is 8.67. The van der Waals surface area contributed by atoms with Crippen LogP contribution in [0.1, 0.15) is 40.0 Å². The van der Waals surface area contributed by atoms with Crippen molar-refractivity contribution in [2.24, 2.45) is 0 Å². The zero-order valence-corrected chi connectivity index (χ0v) is 26.9.